The average Bonchev–Trinajstić information content (AvgIpc) is 3.38. The number of aromatic nitrogens is 4. The molecule has 0 saturated carbocycles. The van der Waals surface area contributed by atoms with Crippen LogP contribution in [0.5, 0.6) is 5.75 Å². The molecular weight excluding hydrogens is 742 g/mol. The van der Waals surface area contributed by atoms with Crippen molar-refractivity contribution >= 4 is 22.8 Å². The van der Waals surface area contributed by atoms with E-state index in [2.05, 4.69) is 34.0 Å². The standard InChI is InChI=1S/C28H37F2N7O2.U/c1-4-35(5-2)23-17-24(37-21-7-6-8-22(38-3)25(21)34-27(37)26(29)30)33-28(32-23)31-18-19-9-13-36(14-10-19)20-11-15-39-16-12-20;/h6-8,17,19-20,26H,1-2,4-5,9-16,18H2,3H3,(H,31,32,33);/q-2;+2. The molecule has 0 bridgehead atoms. The van der Waals surface area contributed by atoms with E-state index in [0.29, 0.717) is 66.0 Å². The van der Waals surface area contributed by atoms with Gasteiger partial charge in [0.05, 0.1) is 12.6 Å². The molecule has 40 heavy (non-hydrogen) atoms. The van der Waals surface area contributed by atoms with E-state index in [1.54, 1.807) is 24.3 Å². The van der Waals surface area contributed by atoms with Crippen LogP contribution in [0, 0.1) is 50.9 Å². The summed E-state index contributed by atoms with van der Waals surface area (Å²) >= 11 is 0. The van der Waals surface area contributed by atoms with Crippen molar-refractivity contribution in [3.05, 3.63) is 43.9 Å². The summed E-state index contributed by atoms with van der Waals surface area (Å²) < 4.78 is 40.7. The number of ether oxygens (including phenoxy) is 2. The Morgan fingerprint density at radius 3 is 2.48 bits per heavy atom. The van der Waals surface area contributed by atoms with Gasteiger partial charge in [0.25, 0.3) is 6.43 Å². The molecule has 214 valence electrons. The molecule has 0 radical (unpaired) electrons. The third kappa shape index (κ3) is 6.72. The summed E-state index contributed by atoms with van der Waals surface area (Å²) in [5, 5.41) is 3.40. The van der Waals surface area contributed by atoms with Crippen LogP contribution < -0.4 is 15.0 Å². The van der Waals surface area contributed by atoms with Gasteiger partial charge in [-0.25, -0.2) is 13.8 Å². The summed E-state index contributed by atoms with van der Waals surface area (Å²) in [6.07, 6.45) is 1.58. The monoisotopic (exact) mass is 779 g/mol. The minimum absolute atomic E-state index is 0. The summed E-state index contributed by atoms with van der Waals surface area (Å²) in [5.41, 5.74) is 0.837. The van der Waals surface area contributed by atoms with E-state index in [1.165, 1.54) is 11.7 Å². The number of likely N-dealkylation sites (tertiary alicyclic amines) is 1. The smallest absolute Gasteiger partial charge is 0.494 e. The van der Waals surface area contributed by atoms with Crippen molar-refractivity contribution in [2.75, 3.05) is 63.3 Å². The van der Waals surface area contributed by atoms with Gasteiger partial charge in [-0.05, 0) is 56.8 Å². The first-order valence-electron chi connectivity index (χ1n) is 13.6. The Kier molecular flexibility index (Phi) is 11.0. The number of rotatable bonds is 10. The van der Waals surface area contributed by atoms with Gasteiger partial charge in [0.2, 0.25) is 5.95 Å². The molecule has 0 amide bonds. The largest absolute Gasteiger partial charge is 2.00 e. The number of fused-ring (bicyclic) bond motifs is 1. The molecule has 0 aliphatic carbocycles. The predicted molar refractivity (Wildman–Crippen MR) is 148 cm³/mol. The van der Waals surface area contributed by atoms with Gasteiger partial charge >= 0.3 is 31.1 Å². The number of nitrogens with zero attached hydrogens (tertiary/aromatic N) is 6. The Morgan fingerprint density at radius 2 is 1.82 bits per heavy atom. The summed E-state index contributed by atoms with van der Waals surface area (Å²) in [5.74, 6) is 1.74. The van der Waals surface area contributed by atoms with Gasteiger partial charge in [0.1, 0.15) is 22.9 Å². The zero-order valence-corrected chi connectivity index (χ0v) is 27.2. The summed E-state index contributed by atoms with van der Waals surface area (Å²) in [6.45, 7) is 13.3. The normalized spacial score (nSPS) is 17.2. The van der Waals surface area contributed by atoms with E-state index in [0.717, 1.165) is 52.0 Å². The molecule has 1 N–H and O–H groups in total. The first-order chi connectivity index (χ1) is 19.0. The van der Waals surface area contributed by atoms with E-state index in [1.807, 2.05) is 4.90 Å². The fourth-order valence-electron chi connectivity index (χ4n) is 5.57. The second kappa shape index (κ2) is 14.3. The molecule has 1 aromatic carbocycles. The van der Waals surface area contributed by atoms with E-state index in [-0.39, 0.29) is 31.1 Å². The summed E-state index contributed by atoms with van der Waals surface area (Å²) in [4.78, 5) is 18.1. The van der Waals surface area contributed by atoms with E-state index >= 15 is 0 Å². The number of piperidine rings is 1. The number of methoxy groups -OCH3 is 1. The number of hydrogen-bond donors (Lipinski definition) is 1. The van der Waals surface area contributed by atoms with Crippen LogP contribution in [0.3, 0.4) is 0 Å². The minimum Gasteiger partial charge on any atom is -0.494 e. The van der Waals surface area contributed by atoms with E-state index < -0.39 is 12.2 Å². The van der Waals surface area contributed by atoms with Crippen molar-refractivity contribution < 1.29 is 49.4 Å². The molecule has 2 saturated heterocycles. The van der Waals surface area contributed by atoms with Crippen LogP contribution >= 0.6 is 0 Å². The molecule has 9 nitrogen and oxygen atoms in total. The van der Waals surface area contributed by atoms with Gasteiger partial charge in [-0.3, -0.25) is 4.57 Å². The fourth-order valence-corrected chi connectivity index (χ4v) is 5.57. The van der Waals surface area contributed by atoms with Crippen LogP contribution in [0.25, 0.3) is 16.9 Å². The van der Waals surface area contributed by atoms with Crippen LogP contribution in [0.4, 0.5) is 20.5 Å². The second-order valence-electron chi connectivity index (χ2n) is 10.0. The zero-order chi connectivity index (χ0) is 27.4. The van der Waals surface area contributed by atoms with Crippen LogP contribution in [0.2, 0.25) is 0 Å². The van der Waals surface area contributed by atoms with Crippen molar-refractivity contribution in [3.63, 3.8) is 0 Å². The van der Waals surface area contributed by atoms with Crippen LogP contribution in [-0.4, -0.2) is 83.5 Å². The molecule has 2 aromatic heterocycles. The number of nitrogens with one attached hydrogen (secondary N) is 1. The maximum atomic E-state index is 14.2. The quantitative estimate of drug-likeness (QED) is 0.301. The van der Waals surface area contributed by atoms with Gasteiger partial charge in [-0.2, -0.15) is 9.97 Å². The molecule has 12 heteroatoms. The Hall–Kier alpha value is -2.00. The topological polar surface area (TPSA) is 80.6 Å². The number of alkyl halides is 2. The molecule has 2 aliphatic heterocycles. The Morgan fingerprint density at radius 1 is 1.10 bits per heavy atom. The average molecular weight is 780 g/mol. The molecule has 3 aromatic rings. The second-order valence-corrected chi connectivity index (χ2v) is 10.0. The molecule has 0 unspecified atom stereocenters. The van der Waals surface area contributed by atoms with Crippen molar-refractivity contribution in [1.29, 1.82) is 0 Å². The summed E-state index contributed by atoms with van der Waals surface area (Å²) in [7, 11) is 1.50. The number of para-hydroxylation sites is 1. The Labute approximate surface area is 258 Å². The van der Waals surface area contributed by atoms with Gasteiger partial charge in [-0.15, -0.1) is 13.1 Å². The molecule has 5 rings (SSSR count). The van der Waals surface area contributed by atoms with Gasteiger partial charge < -0.3 is 38.4 Å². The van der Waals surface area contributed by atoms with Crippen molar-refractivity contribution in [2.45, 2.75) is 38.2 Å². The third-order valence-electron chi connectivity index (χ3n) is 7.79. The fraction of sp³-hybridized carbons (Fsp3) is 0.536. The number of imidazole rings is 1. The SMILES string of the molecule is [CH2-]CN(C[CH2-])c1cc(-n2c(C(F)F)nc3c(OC)cccc32)nc(NCC2CCN(C3CCOCC3)CC2)n1.[U+2]. The Balaban J connectivity index is 0.00000370. The van der Waals surface area contributed by atoms with E-state index in [4.69, 9.17) is 14.5 Å². The number of halogens is 2. The molecule has 4 heterocycles. The first kappa shape index (κ1) is 30.9. The van der Waals surface area contributed by atoms with Crippen LogP contribution in [-0.2, 0) is 4.74 Å². The van der Waals surface area contributed by atoms with Crippen LogP contribution in [0.1, 0.15) is 37.9 Å². The van der Waals surface area contributed by atoms with Crippen molar-refractivity contribution in [1.82, 2.24) is 24.4 Å². The number of anilines is 2. The van der Waals surface area contributed by atoms with Crippen molar-refractivity contribution in [3.8, 4) is 11.6 Å². The summed E-state index contributed by atoms with van der Waals surface area (Å²) in [6, 6.07) is 7.49. The van der Waals surface area contributed by atoms with Gasteiger partial charge in [0.15, 0.2) is 5.82 Å². The molecule has 2 aliphatic rings. The predicted octanol–water partition coefficient (Wildman–Crippen LogP) is 4.54. The number of hydrogen-bond acceptors (Lipinski definition) is 8. The van der Waals surface area contributed by atoms with E-state index in [9.17, 15) is 8.78 Å². The molecular formula is C28H37F2N7O2U. The third-order valence-corrected chi connectivity index (χ3v) is 7.79. The first-order valence-corrected chi connectivity index (χ1v) is 13.6. The van der Waals surface area contributed by atoms with Crippen molar-refractivity contribution in [2.24, 2.45) is 5.92 Å². The van der Waals surface area contributed by atoms with Crippen LogP contribution in [0.15, 0.2) is 24.3 Å². The maximum absolute atomic E-state index is 14.2. The van der Waals surface area contributed by atoms with Gasteiger partial charge in [0, 0.05) is 31.9 Å². The Bertz CT molecular complexity index is 1240. The molecule has 0 atom stereocenters. The number of benzene rings is 1. The van der Waals surface area contributed by atoms with Gasteiger partial charge in [-0.1, -0.05) is 6.07 Å². The molecule has 2 fully saturated rings. The maximum Gasteiger partial charge on any atom is 2.00 e. The minimum atomic E-state index is -2.81. The zero-order valence-electron chi connectivity index (χ0n) is 23.0. The molecule has 0 spiro atoms.